The van der Waals surface area contributed by atoms with Crippen molar-refractivity contribution in [3.63, 3.8) is 0 Å². The lowest BCUT2D eigenvalue weighted by Crippen LogP contribution is -2.28. The molecular formula is C12H13ClN4OS. The van der Waals surface area contributed by atoms with Gasteiger partial charge in [0.1, 0.15) is 5.01 Å². The molecule has 1 aromatic heterocycles. The molecule has 1 heterocycles. The van der Waals surface area contributed by atoms with Gasteiger partial charge in [0.25, 0.3) is 5.91 Å². The fraction of sp³-hybridized carbons (Fsp3) is 0.167. The number of nitrogens with zero attached hydrogens (tertiary/aromatic N) is 1. The van der Waals surface area contributed by atoms with E-state index in [-0.39, 0.29) is 11.9 Å². The van der Waals surface area contributed by atoms with Crippen molar-refractivity contribution in [3.05, 3.63) is 45.4 Å². The Morgan fingerprint density at radius 1 is 1.53 bits per heavy atom. The highest BCUT2D eigenvalue weighted by atomic mass is 35.5. The van der Waals surface area contributed by atoms with Gasteiger partial charge in [-0.2, -0.15) is 0 Å². The first-order chi connectivity index (χ1) is 9.11. The van der Waals surface area contributed by atoms with Crippen LogP contribution in [0.2, 0.25) is 5.02 Å². The van der Waals surface area contributed by atoms with Gasteiger partial charge in [-0.15, -0.1) is 11.3 Å². The topological polar surface area (TPSA) is 80.0 Å². The van der Waals surface area contributed by atoms with E-state index in [2.05, 4.69) is 15.7 Å². The largest absolute Gasteiger partial charge is 0.343 e. The van der Waals surface area contributed by atoms with Crippen molar-refractivity contribution in [3.8, 4) is 0 Å². The summed E-state index contributed by atoms with van der Waals surface area (Å²) in [6.07, 6.45) is 1.70. The third-order valence-corrected chi connectivity index (χ3v) is 3.74. The molecule has 0 aliphatic carbocycles. The van der Waals surface area contributed by atoms with Crippen LogP contribution in [0.3, 0.4) is 0 Å². The van der Waals surface area contributed by atoms with E-state index in [0.717, 1.165) is 5.01 Å². The second-order valence-corrected chi connectivity index (χ2v) is 5.26. The minimum atomic E-state index is -0.252. The Kier molecular flexibility index (Phi) is 4.36. The highest BCUT2D eigenvalue weighted by Gasteiger charge is 2.16. The van der Waals surface area contributed by atoms with Crippen LogP contribution in [0.4, 0.5) is 5.69 Å². The quantitative estimate of drug-likeness (QED) is 0.598. The molecule has 0 saturated carbocycles. The number of anilines is 1. The molecule has 1 atom stereocenters. The number of carbonyl (C=O) groups is 1. The Hall–Kier alpha value is -1.63. The number of hydrazine groups is 1. The summed E-state index contributed by atoms with van der Waals surface area (Å²) >= 11 is 7.38. The Labute approximate surface area is 119 Å². The predicted octanol–water partition coefficient (Wildman–Crippen LogP) is 2.57. The van der Waals surface area contributed by atoms with Gasteiger partial charge in [-0.3, -0.25) is 10.6 Å². The van der Waals surface area contributed by atoms with Gasteiger partial charge >= 0.3 is 0 Å². The second kappa shape index (κ2) is 6.01. The summed E-state index contributed by atoms with van der Waals surface area (Å²) in [6, 6.07) is 4.72. The number of nitrogens with two attached hydrogens (primary N) is 1. The fourth-order valence-electron chi connectivity index (χ4n) is 1.61. The van der Waals surface area contributed by atoms with Crippen LogP contribution in [-0.2, 0) is 0 Å². The Morgan fingerprint density at radius 3 is 2.95 bits per heavy atom. The van der Waals surface area contributed by atoms with E-state index in [0.29, 0.717) is 16.3 Å². The van der Waals surface area contributed by atoms with Gasteiger partial charge in [-0.1, -0.05) is 11.6 Å². The van der Waals surface area contributed by atoms with Crippen molar-refractivity contribution in [2.45, 2.75) is 13.0 Å². The third-order valence-electron chi connectivity index (χ3n) is 2.55. The third kappa shape index (κ3) is 3.23. The maximum absolute atomic E-state index is 12.2. The second-order valence-electron chi connectivity index (χ2n) is 3.90. The van der Waals surface area contributed by atoms with Crippen LogP contribution in [0, 0.1) is 0 Å². The molecule has 0 bridgehead atoms. The molecule has 19 heavy (non-hydrogen) atoms. The van der Waals surface area contributed by atoms with Crippen molar-refractivity contribution in [1.82, 2.24) is 10.3 Å². The molecule has 2 rings (SSSR count). The van der Waals surface area contributed by atoms with Crippen LogP contribution < -0.4 is 16.6 Å². The molecule has 0 aliphatic heterocycles. The maximum atomic E-state index is 12.2. The maximum Gasteiger partial charge on any atom is 0.254 e. The molecule has 5 nitrogen and oxygen atoms in total. The SMILES string of the molecule is CC(NC(=O)c1cc(Cl)ccc1NN)c1nccs1. The molecule has 0 aliphatic rings. The number of benzene rings is 1. The lowest BCUT2D eigenvalue weighted by molar-refractivity contribution is 0.0940. The molecule has 7 heteroatoms. The summed E-state index contributed by atoms with van der Waals surface area (Å²) < 4.78 is 0. The summed E-state index contributed by atoms with van der Waals surface area (Å²) in [5.41, 5.74) is 3.40. The molecule has 1 unspecified atom stereocenters. The molecule has 100 valence electrons. The lowest BCUT2D eigenvalue weighted by Gasteiger charge is -2.13. The van der Waals surface area contributed by atoms with Gasteiger partial charge in [0.15, 0.2) is 0 Å². The first-order valence-electron chi connectivity index (χ1n) is 5.58. The van der Waals surface area contributed by atoms with Crippen LogP contribution >= 0.6 is 22.9 Å². The molecule has 0 saturated heterocycles. The van der Waals surface area contributed by atoms with Gasteiger partial charge in [-0.25, -0.2) is 4.98 Å². The number of hydrogen-bond donors (Lipinski definition) is 3. The van der Waals surface area contributed by atoms with Crippen molar-refractivity contribution in [1.29, 1.82) is 0 Å². The van der Waals surface area contributed by atoms with Crippen molar-refractivity contribution >= 4 is 34.5 Å². The standard InChI is InChI=1S/C12H13ClN4OS/c1-7(12-15-4-5-19-12)16-11(18)9-6-8(13)2-3-10(9)17-14/h2-7,17H,14H2,1H3,(H,16,18). The molecule has 4 N–H and O–H groups in total. The van der Waals surface area contributed by atoms with Crippen molar-refractivity contribution < 1.29 is 4.79 Å². The number of carbonyl (C=O) groups excluding carboxylic acids is 1. The normalized spacial score (nSPS) is 11.9. The van der Waals surface area contributed by atoms with Crippen LogP contribution in [0.5, 0.6) is 0 Å². The van der Waals surface area contributed by atoms with Crippen LogP contribution in [0.1, 0.15) is 28.3 Å². The van der Waals surface area contributed by atoms with Crippen molar-refractivity contribution in [2.75, 3.05) is 5.43 Å². The smallest absolute Gasteiger partial charge is 0.254 e. The van der Waals surface area contributed by atoms with Crippen LogP contribution in [0.25, 0.3) is 0 Å². The summed E-state index contributed by atoms with van der Waals surface area (Å²) in [7, 11) is 0. The highest BCUT2D eigenvalue weighted by Crippen LogP contribution is 2.21. The number of thiazole rings is 1. The van der Waals surface area contributed by atoms with Gasteiger partial charge in [0.2, 0.25) is 0 Å². The van der Waals surface area contributed by atoms with E-state index in [1.807, 2.05) is 12.3 Å². The summed E-state index contributed by atoms with van der Waals surface area (Å²) in [5.74, 6) is 5.13. The Balaban J connectivity index is 2.18. The zero-order chi connectivity index (χ0) is 13.8. The highest BCUT2D eigenvalue weighted by molar-refractivity contribution is 7.09. The average molecular weight is 297 g/mol. The molecule has 2 aromatic rings. The van der Waals surface area contributed by atoms with E-state index in [1.54, 1.807) is 24.4 Å². The zero-order valence-electron chi connectivity index (χ0n) is 10.2. The molecule has 1 aromatic carbocycles. The zero-order valence-corrected chi connectivity index (χ0v) is 11.8. The number of aromatic nitrogens is 1. The van der Waals surface area contributed by atoms with Gasteiger partial charge in [0, 0.05) is 16.6 Å². The first kappa shape index (κ1) is 13.8. The molecule has 1 amide bonds. The average Bonchev–Trinajstić information content (AvgIpc) is 2.92. The van der Waals surface area contributed by atoms with E-state index >= 15 is 0 Å². The summed E-state index contributed by atoms with van der Waals surface area (Å²) in [6.45, 7) is 1.87. The Bertz CT molecular complexity index is 573. The van der Waals surface area contributed by atoms with Gasteiger partial charge in [0.05, 0.1) is 17.3 Å². The van der Waals surface area contributed by atoms with E-state index in [9.17, 15) is 4.79 Å². The van der Waals surface area contributed by atoms with Gasteiger partial charge < -0.3 is 10.7 Å². The minimum Gasteiger partial charge on any atom is -0.343 e. The van der Waals surface area contributed by atoms with Crippen molar-refractivity contribution in [2.24, 2.45) is 5.84 Å². The van der Waals surface area contributed by atoms with Gasteiger partial charge in [-0.05, 0) is 25.1 Å². The number of hydrogen-bond acceptors (Lipinski definition) is 5. The Morgan fingerprint density at radius 2 is 2.32 bits per heavy atom. The summed E-state index contributed by atoms with van der Waals surface area (Å²) in [5, 5.41) is 6.04. The lowest BCUT2D eigenvalue weighted by atomic mass is 10.1. The van der Waals surface area contributed by atoms with Crippen LogP contribution in [-0.4, -0.2) is 10.9 Å². The minimum absolute atomic E-state index is 0.169. The number of nitrogen functional groups attached to an aromatic ring is 1. The molecular weight excluding hydrogens is 284 g/mol. The van der Waals surface area contributed by atoms with E-state index in [4.69, 9.17) is 17.4 Å². The first-order valence-corrected chi connectivity index (χ1v) is 6.84. The fourth-order valence-corrected chi connectivity index (χ4v) is 2.43. The van der Waals surface area contributed by atoms with Crippen LogP contribution in [0.15, 0.2) is 29.8 Å². The predicted molar refractivity (Wildman–Crippen MR) is 77.3 cm³/mol. The molecule has 0 radical (unpaired) electrons. The summed E-state index contributed by atoms with van der Waals surface area (Å²) in [4.78, 5) is 16.4. The molecule has 0 fully saturated rings. The molecule has 0 spiro atoms. The van der Waals surface area contributed by atoms with E-state index < -0.39 is 0 Å². The number of nitrogens with one attached hydrogen (secondary N) is 2. The number of amides is 1. The monoisotopic (exact) mass is 296 g/mol. The van der Waals surface area contributed by atoms with E-state index in [1.165, 1.54) is 11.3 Å². The number of rotatable bonds is 4. The number of halogens is 1.